The zero-order valence-electron chi connectivity index (χ0n) is 13.9. The van der Waals surface area contributed by atoms with Crippen LogP contribution in [0.2, 0.25) is 0 Å². The molecule has 6 nitrogen and oxygen atoms in total. The molecule has 2 aliphatic heterocycles. The van der Waals surface area contributed by atoms with Crippen LogP contribution in [0.3, 0.4) is 0 Å². The number of carbonyl (C=O) groups is 1. The smallest absolute Gasteiger partial charge is 0.254 e. The molecule has 1 fully saturated rings. The number of anilines is 1. The summed E-state index contributed by atoms with van der Waals surface area (Å²) in [5.41, 5.74) is 2.51. The first-order chi connectivity index (χ1) is 12.2. The van der Waals surface area contributed by atoms with Crippen LogP contribution in [0.15, 0.2) is 30.5 Å². The number of amides is 1. The number of piperazine rings is 1. The predicted octanol–water partition coefficient (Wildman–Crippen LogP) is 1.22. The molecule has 4 rings (SSSR count). The highest BCUT2D eigenvalue weighted by Gasteiger charge is 2.24. The molecular weight excluding hydrogens is 321 g/mol. The van der Waals surface area contributed by atoms with E-state index >= 15 is 0 Å². The number of nitrogens with one attached hydrogen (secondary N) is 1. The van der Waals surface area contributed by atoms with E-state index in [4.69, 9.17) is 4.98 Å². The monoisotopic (exact) mass is 341 g/mol. The van der Waals surface area contributed by atoms with Crippen molar-refractivity contribution in [3.05, 3.63) is 53.1 Å². The van der Waals surface area contributed by atoms with Crippen molar-refractivity contribution in [2.45, 2.75) is 13.0 Å². The van der Waals surface area contributed by atoms with Crippen molar-refractivity contribution in [3.8, 4) is 0 Å². The van der Waals surface area contributed by atoms with Gasteiger partial charge >= 0.3 is 0 Å². The normalized spacial score (nSPS) is 17.3. The van der Waals surface area contributed by atoms with Crippen LogP contribution in [-0.2, 0) is 13.0 Å². The van der Waals surface area contributed by atoms with Crippen molar-refractivity contribution in [2.75, 3.05) is 37.6 Å². The second kappa shape index (κ2) is 6.76. The van der Waals surface area contributed by atoms with Crippen molar-refractivity contribution in [2.24, 2.45) is 0 Å². The Morgan fingerprint density at radius 2 is 1.88 bits per heavy atom. The number of halogens is 1. The molecule has 7 heteroatoms. The minimum Gasteiger partial charge on any atom is -0.338 e. The summed E-state index contributed by atoms with van der Waals surface area (Å²) in [4.78, 5) is 25.7. The van der Waals surface area contributed by atoms with Gasteiger partial charge in [0.05, 0.1) is 5.69 Å². The Morgan fingerprint density at radius 3 is 2.64 bits per heavy atom. The van der Waals surface area contributed by atoms with Crippen LogP contribution in [0.4, 0.5) is 10.3 Å². The molecule has 1 saturated heterocycles. The van der Waals surface area contributed by atoms with Crippen molar-refractivity contribution in [1.82, 2.24) is 20.2 Å². The molecule has 2 aliphatic rings. The Morgan fingerprint density at radius 1 is 1.12 bits per heavy atom. The van der Waals surface area contributed by atoms with Gasteiger partial charge in [-0.1, -0.05) is 0 Å². The highest BCUT2D eigenvalue weighted by Crippen LogP contribution is 2.21. The first-order valence-electron chi connectivity index (χ1n) is 8.56. The van der Waals surface area contributed by atoms with Crippen molar-refractivity contribution in [1.29, 1.82) is 0 Å². The van der Waals surface area contributed by atoms with Crippen LogP contribution in [-0.4, -0.2) is 53.5 Å². The van der Waals surface area contributed by atoms with Crippen LogP contribution < -0.4 is 10.2 Å². The number of aromatic nitrogens is 2. The molecule has 0 spiro atoms. The maximum atomic E-state index is 13.0. The van der Waals surface area contributed by atoms with Gasteiger partial charge in [-0.25, -0.2) is 14.4 Å². The van der Waals surface area contributed by atoms with Gasteiger partial charge in [-0.2, -0.15) is 0 Å². The number of fused-ring (bicyclic) bond motifs is 1. The minimum absolute atomic E-state index is 0.0863. The van der Waals surface area contributed by atoms with Gasteiger partial charge < -0.3 is 15.1 Å². The Kier molecular flexibility index (Phi) is 4.31. The van der Waals surface area contributed by atoms with Gasteiger partial charge in [-0.05, 0) is 24.3 Å². The molecule has 130 valence electrons. The predicted molar refractivity (Wildman–Crippen MR) is 92.0 cm³/mol. The third-order valence-electron chi connectivity index (χ3n) is 4.70. The lowest BCUT2D eigenvalue weighted by Crippen LogP contribution is -2.44. The Labute approximate surface area is 145 Å². The van der Waals surface area contributed by atoms with E-state index in [9.17, 15) is 9.18 Å². The number of hydrogen-bond acceptors (Lipinski definition) is 5. The van der Waals surface area contributed by atoms with Gasteiger partial charge in [0.25, 0.3) is 5.91 Å². The highest BCUT2D eigenvalue weighted by atomic mass is 19.1. The Bertz CT molecular complexity index is 774. The van der Waals surface area contributed by atoms with Crippen LogP contribution in [0.5, 0.6) is 0 Å². The molecule has 2 aromatic rings. The van der Waals surface area contributed by atoms with Crippen LogP contribution in [0.25, 0.3) is 0 Å². The van der Waals surface area contributed by atoms with Crippen molar-refractivity contribution in [3.63, 3.8) is 0 Å². The Hall–Kier alpha value is -2.54. The van der Waals surface area contributed by atoms with Crippen molar-refractivity contribution >= 4 is 11.9 Å². The summed E-state index contributed by atoms with van der Waals surface area (Å²) in [5, 5.41) is 3.32. The zero-order valence-corrected chi connectivity index (χ0v) is 13.9. The summed E-state index contributed by atoms with van der Waals surface area (Å²) in [7, 11) is 0. The summed E-state index contributed by atoms with van der Waals surface area (Å²) < 4.78 is 13.0. The largest absolute Gasteiger partial charge is 0.338 e. The second-order valence-corrected chi connectivity index (χ2v) is 6.36. The fourth-order valence-corrected chi connectivity index (χ4v) is 3.27. The van der Waals surface area contributed by atoms with E-state index in [2.05, 4.69) is 15.2 Å². The molecule has 0 atom stereocenters. The molecule has 0 bridgehead atoms. The molecule has 1 N–H and O–H groups in total. The SMILES string of the molecule is O=C(c1ccc(F)cc1)N1CCc2nc(N3CCNCC3)ncc2C1. The lowest BCUT2D eigenvalue weighted by Gasteiger charge is -2.31. The second-order valence-electron chi connectivity index (χ2n) is 6.36. The van der Waals surface area contributed by atoms with Gasteiger partial charge in [0.15, 0.2) is 0 Å². The maximum Gasteiger partial charge on any atom is 0.254 e. The van der Waals surface area contributed by atoms with E-state index in [-0.39, 0.29) is 11.7 Å². The zero-order chi connectivity index (χ0) is 17.2. The first kappa shape index (κ1) is 16.0. The molecule has 1 aromatic carbocycles. The van der Waals surface area contributed by atoms with Gasteiger partial charge in [-0.3, -0.25) is 4.79 Å². The van der Waals surface area contributed by atoms with Crippen LogP contribution in [0, 0.1) is 5.82 Å². The lowest BCUT2D eigenvalue weighted by molar-refractivity contribution is 0.0733. The van der Waals surface area contributed by atoms with Crippen LogP contribution in [0.1, 0.15) is 21.6 Å². The molecule has 1 aromatic heterocycles. The summed E-state index contributed by atoms with van der Waals surface area (Å²) in [5.74, 6) is 0.352. The molecule has 3 heterocycles. The quantitative estimate of drug-likeness (QED) is 0.890. The molecule has 0 aliphatic carbocycles. The van der Waals surface area contributed by atoms with E-state index in [1.54, 1.807) is 4.90 Å². The molecule has 1 amide bonds. The number of nitrogens with zero attached hydrogens (tertiary/aromatic N) is 4. The van der Waals surface area contributed by atoms with Crippen molar-refractivity contribution < 1.29 is 9.18 Å². The molecule has 0 unspecified atom stereocenters. The topological polar surface area (TPSA) is 61.4 Å². The molecule has 0 radical (unpaired) electrons. The minimum atomic E-state index is -0.339. The Balaban J connectivity index is 1.49. The summed E-state index contributed by atoms with van der Waals surface area (Å²) in [6, 6.07) is 5.68. The molecule has 0 saturated carbocycles. The van der Waals surface area contributed by atoms with E-state index in [0.29, 0.717) is 25.1 Å². The standard InChI is InChI=1S/C18H20FN5O/c19-15-3-1-13(2-4-15)17(25)24-8-5-16-14(12-24)11-21-18(22-16)23-9-6-20-7-10-23/h1-4,11,20H,5-10,12H2. The summed E-state index contributed by atoms with van der Waals surface area (Å²) >= 11 is 0. The van der Waals surface area contributed by atoms with Gasteiger partial charge in [0.2, 0.25) is 5.95 Å². The number of benzene rings is 1. The third-order valence-corrected chi connectivity index (χ3v) is 4.70. The lowest BCUT2D eigenvalue weighted by atomic mass is 10.1. The van der Waals surface area contributed by atoms with E-state index in [0.717, 1.165) is 43.4 Å². The fourth-order valence-electron chi connectivity index (χ4n) is 3.27. The van der Waals surface area contributed by atoms with E-state index in [1.165, 1.54) is 24.3 Å². The number of rotatable bonds is 2. The fraction of sp³-hybridized carbons (Fsp3) is 0.389. The van der Waals surface area contributed by atoms with Gasteiger partial charge in [0.1, 0.15) is 5.82 Å². The highest BCUT2D eigenvalue weighted by molar-refractivity contribution is 5.94. The van der Waals surface area contributed by atoms with Gasteiger partial charge in [-0.15, -0.1) is 0 Å². The molecular formula is C18H20FN5O. The number of carbonyl (C=O) groups excluding carboxylic acids is 1. The average Bonchev–Trinajstić information content (AvgIpc) is 2.68. The number of hydrogen-bond donors (Lipinski definition) is 1. The van der Waals surface area contributed by atoms with E-state index < -0.39 is 0 Å². The maximum absolute atomic E-state index is 13.0. The van der Waals surface area contributed by atoms with Gasteiger partial charge in [0, 0.05) is 63.0 Å². The first-order valence-corrected chi connectivity index (χ1v) is 8.56. The summed E-state index contributed by atoms with van der Waals surface area (Å²) in [6.07, 6.45) is 2.55. The molecule has 25 heavy (non-hydrogen) atoms. The third kappa shape index (κ3) is 3.32. The van der Waals surface area contributed by atoms with E-state index in [1.807, 2.05) is 6.20 Å². The summed E-state index contributed by atoms with van der Waals surface area (Å²) in [6.45, 7) is 4.82. The average molecular weight is 341 g/mol. The van der Waals surface area contributed by atoms with Crippen LogP contribution >= 0.6 is 0 Å².